The zero-order valence-electron chi connectivity index (χ0n) is 33.0. The average molecular weight is 778 g/mol. The van der Waals surface area contributed by atoms with E-state index >= 15 is 0 Å². The monoisotopic (exact) mass is 777 g/mol. The van der Waals surface area contributed by atoms with Crippen LogP contribution in [0, 0.1) is 0 Å². The molecule has 4 nitrogen and oxygen atoms in total. The summed E-state index contributed by atoms with van der Waals surface area (Å²) < 4.78 is 6.70. The molecule has 0 unspecified atom stereocenters. The lowest BCUT2D eigenvalue weighted by Gasteiger charge is -2.13. The number of furan rings is 1. The molecule has 0 amide bonds. The Hall–Kier alpha value is -8.21. The van der Waals surface area contributed by atoms with Crippen molar-refractivity contribution in [3.8, 4) is 67.5 Å². The molecule has 12 rings (SSSR count). The van der Waals surface area contributed by atoms with Gasteiger partial charge in [0, 0.05) is 27.5 Å². The van der Waals surface area contributed by atoms with Crippen LogP contribution in [-0.4, -0.2) is 15.0 Å². The minimum Gasteiger partial charge on any atom is -0.456 e. The van der Waals surface area contributed by atoms with E-state index in [1.54, 1.807) is 0 Å². The lowest BCUT2D eigenvalue weighted by molar-refractivity contribution is 0.669. The minimum atomic E-state index is 0.628. The summed E-state index contributed by atoms with van der Waals surface area (Å²) in [5, 5.41) is 9.10. The van der Waals surface area contributed by atoms with Crippen molar-refractivity contribution in [2.24, 2.45) is 0 Å². The lowest BCUT2D eigenvalue weighted by atomic mass is 9.91. The smallest absolute Gasteiger partial charge is 0.164 e. The molecule has 0 radical (unpaired) electrons. The van der Waals surface area contributed by atoms with Gasteiger partial charge in [-0.2, -0.15) is 0 Å². The fourth-order valence-electron chi connectivity index (χ4n) is 9.05. The second-order valence-corrected chi connectivity index (χ2v) is 15.5. The Morgan fingerprint density at radius 3 is 1.57 bits per heavy atom. The van der Waals surface area contributed by atoms with Crippen molar-refractivity contribution in [3.05, 3.63) is 212 Å². The first kappa shape index (κ1) is 34.8. The predicted octanol–water partition coefficient (Wildman–Crippen LogP) is 15.2. The molecule has 0 fully saturated rings. The molecule has 0 saturated carbocycles. The van der Waals surface area contributed by atoms with Gasteiger partial charge in [-0.15, -0.1) is 0 Å². The Kier molecular flexibility index (Phi) is 8.13. The Labute approximate surface area is 352 Å². The van der Waals surface area contributed by atoms with Gasteiger partial charge in [0.1, 0.15) is 11.2 Å². The van der Waals surface area contributed by atoms with Gasteiger partial charge in [-0.05, 0) is 90.0 Å². The van der Waals surface area contributed by atoms with Gasteiger partial charge < -0.3 is 4.42 Å². The van der Waals surface area contributed by atoms with E-state index in [9.17, 15) is 0 Å². The average Bonchev–Trinajstić information content (AvgIpc) is 3.72. The zero-order valence-corrected chi connectivity index (χ0v) is 33.0. The van der Waals surface area contributed by atoms with E-state index in [2.05, 4.69) is 182 Å². The van der Waals surface area contributed by atoms with Gasteiger partial charge in [0.25, 0.3) is 0 Å². The van der Waals surface area contributed by atoms with Crippen molar-refractivity contribution < 1.29 is 4.42 Å². The molecule has 0 saturated heterocycles. The van der Waals surface area contributed by atoms with Gasteiger partial charge >= 0.3 is 0 Å². The number of hydrogen-bond donors (Lipinski definition) is 0. The summed E-state index contributed by atoms with van der Waals surface area (Å²) in [7, 11) is 0. The number of nitrogens with zero attached hydrogens (tertiary/aromatic N) is 3. The molecule has 2 heterocycles. The van der Waals surface area contributed by atoms with Crippen LogP contribution < -0.4 is 0 Å². The van der Waals surface area contributed by atoms with Crippen molar-refractivity contribution >= 4 is 54.3 Å². The fraction of sp³-hybridized carbons (Fsp3) is 0. The zero-order chi connectivity index (χ0) is 40.3. The van der Waals surface area contributed by atoms with Crippen LogP contribution in [0.5, 0.6) is 0 Å². The maximum Gasteiger partial charge on any atom is 0.164 e. The summed E-state index contributed by atoms with van der Waals surface area (Å²) in [6, 6.07) is 74.6. The highest BCUT2D eigenvalue weighted by Gasteiger charge is 2.19. The van der Waals surface area contributed by atoms with E-state index in [1.165, 1.54) is 32.8 Å². The van der Waals surface area contributed by atoms with Crippen molar-refractivity contribution in [1.29, 1.82) is 0 Å². The largest absolute Gasteiger partial charge is 0.456 e. The lowest BCUT2D eigenvalue weighted by Crippen LogP contribution is -2.00. The first-order valence-corrected chi connectivity index (χ1v) is 20.6. The molecule has 0 N–H and O–H groups in total. The highest BCUT2D eigenvalue weighted by Crippen LogP contribution is 2.43. The molecule has 0 atom stereocenters. The Bertz CT molecular complexity index is 3650. The molecule has 2 aromatic heterocycles. The molecule has 12 aromatic rings. The minimum absolute atomic E-state index is 0.628. The third kappa shape index (κ3) is 5.96. The molecule has 0 aliphatic carbocycles. The second kappa shape index (κ2) is 14.3. The number of fused-ring (bicyclic) bond motifs is 6. The normalized spacial score (nSPS) is 11.6. The van der Waals surface area contributed by atoms with Gasteiger partial charge in [0.2, 0.25) is 0 Å². The van der Waals surface area contributed by atoms with Crippen molar-refractivity contribution in [3.63, 3.8) is 0 Å². The first-order valence-electron chi connectivity index (χ1n) is 20.6. The first-order chi connectivity index (χ1) is 30.2. The number of benzene rings is 10. The SMILES string of the molecule is c1ccc(-c2nc(-c3ccc4ccccc4c3)nc(-c3cccc4c(-c5cccc6oc7cc(-c8ccc(-c9ccccc9)c9ccccc89)ccc7c56)cccc34)n2)cc1. The highest BCUT2D eigenvalue weighted by atomic mass is 16.3. The van der Waals surface area contributed by atoms with Gasteiger partial charge in [0.15, 0.2) is 17.5 Å². The molecular formula is C57H35N3O. The number of aromatic nitrogens is 3. The molecule has 0 aliphatic rings. The fourth-order valence-corrected chi connectivity index (χ4v) is 9.05. The van der Waals surface area contributed by atoms with Crippen LogP contribution in [0.1, 0.15) is 0 Å². The van der Waals surface area contributed by atoms with Gasteiger partial charge in [-0.3, -0.25) is 0 Å². The molecule has 10 aromatic carbocycles. The van der Waals surface area contributed by atoms with Crippen LogP contribution in [0.15, 0.2) is 217 Å². The topological polar surface area (TPSA) is 51.8 Å². The standard InChI is InChI=1S/C57H35N3O/c1-3-15-37(16-4-1)42-32-33-43(45-21-10-9-20-44(42)45)40-30-31-51-53(35-40)61-52-27-13-25-49(54(51)52)47-23-11-24-48-46(47)22-12-26-50(48)57-59-55(38-17-5-2-6-18-38)58-56(60-57)41-29-28-36-14-7-8-19-39(36)34-41/h1-35H. The molecule has 0 spiro atoms. The van der Waals surface area contributed by atoms with Crippen molar-refractivity contribution in [2.45, 2.75) is 0 Å². The Morgan fingerprint density at radius 2 is 0.803 bits per heavy atom. The van der Waals surface area contributed by atoms with Crippen LogP contribution in [0.3, 0.4) is 0 Å². The number of hydrogen-bond acceptors (Lipinski definition) is 4. The molecule has 0 aliphatic heterocycles. The third-order valence-corrected chi connectivity index (χ3v) is 11.9. The number of rotatable bonds is 6. The maximum atomic E-state index is 6.70. The summed E-state index contributed by atoms with van der Waals surface area (Å²) in [5.41, 5.74) is 11.5. The van der Waals surface area contributed by atoms with E-state index in [4.69, 9.17) is 19.4 Å². The molecular weight excluding hydrogens is 743 g/mol. The summed E-state index contributed by atoms with van der Waals surface area (Å²) in [5.74, 6) is 1.90. The van der Waals surface area contributed by atoms with Crippen LogP contribution in [0.2, 0.25) is 0 Å². The predicted molar refractivity (Wildman–Crippen MR) is 252 cm³/mol. The van der Waals surface area contributed by atoms with Crippen molar-refractivity contribution in [1.82, 2.24) is 15.0 Å². The molecule has 4 heteroatoms. The van der Waals surface area contributed by atoms with Crippen LogP contribution >= 0.6 is 0 Å². The molecule has 0 bridgehead atoms. The van der Waals surface area contributed by atoms with E-state index in [0.717, 1.165) is 71.5 Å². The van der Waals surface area contributed by atoms with E-state index in [-0.39, 0.29) is 0 Å². The van der Waals surface area contributed by atoms with E-state index < -0.39 is 0 Å². The quantitative estimate of drug-likeness (QED) is 0.169. The molecule has 284 valence electrons. The van der Waals surface area contributed by atoms with Crippen molar-refractivity contribution in [2.75, 3.05) is 0 Å². The van der Waals surface area contributed by atoms with Gasteiger partial charge in [0.05, 0.1) is 0 Å². The van der Waals surface area contributed by atoms with Crippen LogP contribution in [-0.2, 0) is 0 Å². The molecule has 61 heavy (non-hydrogen) atoms. The summed E-state index contributed by atoms with van der Waals surface area (Å²) in [6.07, 6.45) is 0. The van der Waals surface area contributed by atoms with Gasteiger partial charge in [-0.1, -0.05) is 188 Å². The van der Waals surface area contributed by atoms with Gasteiger partial charge in [-0.25, -0.2) is 15.0 Å². The highest BCUT2D eigenvalue weighted by molar-refractivity contribution is 6.17. The van der Waals surface area contributed by atoms with E-state index in [0.29, 0.717) is 17.5 Å². The maximum absolute atomic E-state index is 6.70. The van der Waals surface area contributed by atoms with E-state index in [1.807, 2.05) is 30.3 Å². The third-order valence-electron chi connectivity index (χ3n) is 11.9. The summed E-state index contributed by atoms with van der Waals surface area (Å²) in [6.45, 7) is 0. The Balaban J connectivity index is 0.994. The summed E-state index contributed by atoms with van der Waals surface area (Å²) in [4.78, 5) is 15.3. The van der Waals surface area contributed by atoms with Crippen LogP contribution in [0.25, 0.3) is 122 Å². The summed E-state index contributed by atoms with van der Waals surface area (Å²) >= 11 is 0. The second-order valence-electron chi connectivity index (χ2n) is 15.5. The van der Waals surface area contributed by atoms with Crippen LogP contribution in [0.4, 0.5) is 0 Å². The Morgan fingerprint density at radius 1 is 0.262 bits per heavy atom.